The van der Waals surface area contributed by atoms with Gasteiger partial charge in [0.15, 0.2) is 0 Å². The highest BCUT2D eigenvalue weighted by Gasteiger charge is 2.65. The van der Waals surface area contributed by atoms with E-state index in [1.54, 1.807) is 13.8 Å². The molecule has 0 radical (unpaired) electrons. The quantitative estimate of drug-likeness (QED) is 0.694. The molecule has 0 spiro atoms. The summed E-state index contributed by atoms with van der Waals surface area (Å²) >= 11 is 0. The fourth-order valence-electron chi connectivity index (χ4n) is 2.48. The van der Waals surface area contributed by atoms with Gasteiger partial charge in [-0.3, -0.25) is 14.4 Å². The van der Waals surface area contributed by atoms with E-state index in [-0.39, 0.29) is 30.3 Å². The van der Waals surface area contributed by atoms with Crippen LogP contribution in [0.5, 0.6) is 0 Å². The van der Waals surface area contributed by atoms with Crippen LogP contribution in [0.15, 0.2) is 0 Å². The molecule has 20 heavy (non-hydrogen) atoms. The summed E-state index contributed by atoms with van der Waals surface area (Å²) in [7, 11) is 0. The maximum Gasteiger partial charge on any atom is 0.307 e. The topological polar surface area (TPSA) is 95.5 Å². The lowest BCUT2D eigenvalue weighted by Crippen LogP contribution is -2.42. The summed E-state index contributed by atoms with van der Waals surface area (Å²) in [5, 5.41) is 14.4. The van der Waals surface area contributed by atoms with Crippen LogP contribution in [-0.4, -0.2) is 35.0 Å². The molecule has 0 aromatic carbocycles. The Labute approximate surface area is 119 Å². The van der Waals surface area contributed by atoms with E-state index in [1.165, 1.54) is 0 Å². The first-order valence-corrected chi connectivity index (χ1v) is 6.78. The summed E-state index contributed by atoms with van der Waals surface area (Å²) in [6.07, 6.45) is 0.188. The molecule has 6 heteroatoms. The predicted octanol–water partition coefficient (Wildman–Crippen LogP) is 0.764. The van der Waals surface area contributed by atoms with Crippen LogP contribution in [0.25, 0.3) is 0 Å². The predicted molar refractivity (Wildman–Crippen MR) is 73.9 cm³/mol. The molecule has 0 unspecified atom stereocenters. The molecule has 0 aliphatic heterocycles. The number of hydrogen-bond acceptors (Lipinski definition) is 3. The molecule has 1 aliphatic rings. The van der Waals surface area contributed by atoms with Gasteiger partial charge in [0.25, 0.3) is 0 Å². The molecule has 2 atom stereocenters. The van der Waals surface area contributed by atoms with Crippen molar-refractivity contribution >= 4 is 17.8 Å². The zero-order valence-electron chi connectivity index (χ0n) is 12.7. The first kappa shape index (κ1) is 16.5. The van der Waals surface area contributed by atoms with Gasteiger partial charge >= 0.3 is 5.97 Å². The Hall–Kier alpha value is -1.59. The summed E-state index contributed by atoms with van der Waals surface area (Å²) in [5.74, 6) is -2.51. The highest BCUT2D eigenvalue weighted by Crippen LogP contribution is 2.58. The van der Waals surface area contributed by atoms with Gasteiger partial charge in [0.05, 0.1) is 11.8 Å². The van der Waals surface area contributed by atoms with E-state index in [9.17, 15) is 14.4 Å². The summed E-state index contributed by atoms with van der Waals surface area (Å²) < 4.78 is 0. The monoisotopic (exact) mass is 284 g/mol. The molecular formula is C14H24N2O4. The molecular weight excluding hydrogens is 260 g/mol. The van der Waals surface area contributed by atoms with Crippen LogP contribution in [0.1, 0.15) is 41.0 Å². The van der Waals surface area contributed by atoms with E-state index in [1.807, 2.05) is 20.8 Å². The second-order valence-corrected chi connectivity index (χ2v) is 6.95. The van der Waals surface area contributed by atoms with Crippen molar-refractivity contribution in [3.8, 4) is 0 Å². The van der Waals surface area contributed by atoms with Crippen LogP contribution >= 0.6 is 0 Å². The van der Waals surface area contributed by atoms with Crippen LogP contribution in [0.4, 0.5) is 0 Å². The summed E-state index contributed by atoms with van der Waals surface area (Å²) in [6, 6.07) is 0. The molecule has 1 fully saturated rings. The minimum absolute atomic E-state index is 0.136. The van der Waals surface area contributed by atoms with Crippen LogP contribution in [0, 0.1) is 17.3 Å². The normalized spacial score (nSPS) is 23.9. The second-order valence-electron chi connectivity index (χ2n) is 6.95. The second kappa shape index (κ2) is 5.42. The molecule has 3 N–H and O–H groups in total. The van der Waals surface area contributed by atoms with Gasteiger partial charge in [0, 0.05) is 18.5 Å². The third-order valence-corrected chi connectivity index (χ3v) is 3.54. The Balaban J connectivity index is 2.36. The summed E-state index contributed by atoms with van der Waals surface area (Å²) in [6.45, 7) is 9.40. The van der Waals surface area contributed by atoms with Crippen LogP contribution < -0.4 is 10.6 Å². The number of rotatable bonds is 5. The highest BCUT2D eigenvalue weighted by atomic mass is 16.4. The van der Waals surface area contributed by atoms with E-state index in [4.69, 9.17) is 5.11 Å². The van der Waals surface area contributed by atoms with Crippen molar-refractivity contribution in [3.63, 3.8) is 0 Å². The number of nitrogens with one attached hydrogen (secondary N) is 2. The first-order chi connectivity index (χ1) is 8.97. The van der Waals surface area contributed by atoms with Crippen LogP contribution in [0.3, 0.4) is 0 Å². The van der Waals surface area contributed by atoms with Gasteiger partial charge < -0.3 is 15.7 Å². The number of carboxylic acids is 1. The van der Waals surface area contributed by atoms with Crippen LogP contribution in [-0.2, 0) is 14.4 Å². The maximum absolute atomic E-state index is 11.9. The van der Waals surface area contributed by atoms with Gasteiger partial charge in [-0.25, -0.2) is 0 Å². The zero-order valence-corrected chi connectivity index (χ0v) is 12.7. The fourth-order valence-corrected chi connectivity index (χ4v) is 2.48. The average Bonchev–Trinajstić information content (AvgIpc) is 2.78. The number of carboxylic acid groups (broad SMARTS) is 1. The number of carbonyl (C=O) groups excluding carboxylic acids is 2. The SMILES string of the molecule is CC(C)(C)NC(=O)CCNC(=O)[C@H]1[C@@H](C(=O)O)C1(C)C. The van der Waals surface area contributed by atoms with Crippen molar-refractivity contribution in [2.75, 3.05) is 6.54 Å². The fraction of sp³-hybridized carbons (Fsp3) is 0.786. The minimum Gasteiger partial charge on any atom is -0.481 e. The molecule has 2 amide bonds. The third kappa shape index (κ3) is 3.95. The molecule has 114 valence electrons. The Morgan fingerprint density at radius 1 is 1.15 bits per heavy atom. The first-order valence-electron chi connectivity index (χ1n) is 6.78. The maximum atomic E-state index is 11.9. The molecule has 1 rings (SSSR count). The Bertz CT molecular complexity index is 423. The van der Waals surface area contributed by atoms with Gasteiger partial charge in [0.1, 0.15) is 0 Å². The standard InChI is InChI=1S/C14H24N2O4/c1-13(2,3)16-8(17)6-7-15-11(18)9-10(12(19)20)14(9,4)5/h9-10H,6-7H2,1-5H3,(H,15,18)(H,16,17)(H,19,20)/t9-,10+/m1/s1. The van der Waals surface area contributed by atoms with E-state index in [0.29, 0.717) is 0 Å². The molecule has 0 aromatic heterocycles. The number of aliphatic carboxylic acids is 1. The molecule has 0 bridgehead atoms. The highest BCUT2D eigenvalue weighted by molar-refractivity contribution is 5.91. The minimum atomic E-state index is -0.944. The van der Waals surface area contributed by atoms with E-state index < -0.39 is 23.2 Å². The van der Waals surface area contributed by atoms with Gasteiger partial charge in [-0.05, 0) is 26.2 Å². The molecule has 6 nitrogen and oxygen atoms in total. The summed E-state index contributed by atoms with van der Waals surface area (Å²) in [4.78, 5) is 34.5. The average molecular weight is 284 g/mol. The van der Waals surface area contributed by atoms with Crippen LogP contribution in [0.2, 0.25) is 0 Å². The van der Waals surface area contributed by atoms with Crippen molar-refractivity contribution in [3.05, 3.63) is 0 Å². The largest absolute Gasteiger partial charge is 0.481 e. The smallest absolute Gasteiger partial charge is 0.307 e. The molecule has 0 heterocycles. The van der Waals surface area contributed by atoms with Gasteiger partial charge in [-0.2, -0.15) is 0 Å². The van der Waals surface area contributed by atoms with Crippen molar-refractivity contribution < 1.29 is 19.5 Å². The van der Waals surface area contributed by atoms with Gasteiger partial charge in [-0.15, -0.1) is 0 Å². The number of carbonyl (C=O) groups is 3. The zero-order chi connectivity index (χ0) is 15.7. The number of amides is 2. The molecule has 0 saturated heterocycles. The lowest BCUT2D eigenvalue weighted by molar-refractivity contribution is -0.140. The van der Waals surface area contributed by atoms with Gasteiger partial charge in [0.2, 0.25) is 11.8 Å². The Kier molecular flexibility index (Phi) is 4.46. The van der Waals surface area contributed by atoms with Crippen molar-refractivity contribution in [1.82, 2.24) is 10.6 Å². The van der Waals surface area contributed by atoms with Gasteiger partial charge in [-0.1, -0.05) is 13.8 Å². The summed E-state index contributed by atoms with van der Waals surface area (Å²) in [5.41, 5.74) is -0.808. The molecule has 1 aliphatic carbocycles. The third-order valence-electron chi connectivity index (χ3n) is 3.54. The van der Waals surface area contributed by atoms with E-state index >= 15 is 0 Å². The number of hydrogen-bond donors (Lipinski definition) is 3. The molecule has 1 saturated carbocycles. The van der Waals surface area contributed by atoms with Crippen molar-refractivity contribution in [2.45, 2.75) is 46.6 Å². The van der Waals surface area contributed by atoms with Crippen molar-refractivity contribution in [1.29, 1.82) is 0 Å². The Morgan fingerprint density at radius 2 is 1.70 bits per heavy atom. The Morgan fingerprint density at radius 3 is 2.10 bits per heavy atom. The lowest BCUT2D eigenvalue weighted by atomic mass is 10.1. The van der Waals surface area contributed by atoms with E-state index in [0.717, 1.165) is 0 Å². The van der Waals surface area contributed by atoms with E-state index in [2.05, 4.69) is 10.6 Å². The van der Waals surface area contributed by atoms with Crippen molar-refractivity contribution in [2.24, 2.45) is 17.3 Å². The molecule has 0 aromatic rings. The lowest BCUT2D eigenvalue weighted by Gasteiger charge is -2.20.